The molecule has 0 unspecified atom stereocenters. The number of carbonyl (C=O) groups excluding carboxylic acids is 2. The second-order valence-corrected chi connectivity index (χ2v) is 6.85. The number of aryl methyl sites for hydroxylation is 2. The molecule has 1 aliphatic rings. The molecule has 0 aliphatic carbocycles. The Labute approximate surface area is 158 Å². The standard InChI is InChI=1S/C19H26N4O4/c1-14-13-16(15(2)27-14)17(24)22-10-5-19(6-11-22,23-9-4-7-21-23)18(25)20-8-12-26-3/h4,7,9,13H,5-6,8,10-12H2,1-3H3,(H,20,25). The molecule has 1 N–H and O–H groups in total. The summed E-state index contributed by atoms with van der Waals surface area (Å²) in [6.45, 7) is 5.45. The van der Waals surface area contributed by atoms with Gasteiger partial charge in [-0.15, -0.1) is 0 Å². The van der Waals surface area contributed by atoms with E-state index in [2.05, 4.69) is 10.4 Å². The zero-order chi connectivity index (χ0) is 19.4. The summed E-state index contributed by atoms with van der Waals surface area (Å²) in [5.41, 5.74) is -0.210. The third-order valence-electron chi connectivity index (χ3n) is 5.11. The second kappa shape index (κ2) is 7.96. The van der Waals surface area contributed by atoms with E-state index in [9.17, 15) is 9.59 Å². The summed E-state index contributed by atoms with van der Waals surface area (Å²) < 4.78 is 12.2. The molecule has 2 aromatic heterocycles. The van der Waals surface area contributed by atoms with E-state index in [0.29, 0.717) is 50.4 Å². The van der Waals surface area contributed by atoms with E-state index in [1.54, 1.807) is 48.1 Å². The Kier molecular flexibility index (Phi) is 5.65. The molecular formula is C19H26N4O4. The van der Waals surface area contributed by atoms with Gasteiger partial charge >= 0.3 is 0 Å². The highest BCUT2D eigenvalue weighted by Crippen LogP contribution is 2.31. The molecule has 3 rings (SSSR count). The molecular weight excluding hydrogens is 348 g/mol. The number of likely N-dealkylation sites (tertiary alicyclic amines) is 1. The quantitative estimate of drug-likeness (QED) is 0.774. The van der Waals surface area contributed by atoms with Crippen molar-refractivity contribution in [3.8, 4) is 0 Å². The topological polar surface area (TPSA) is 89.6 Å². The number of hydrogen-bond donors (Lipinski definition) is 1. The fourth-order valence-corrected chi connectivity index (χ4v) is 3.61. The lowest BCUT2D eigenvalue weighted by Gasteiger charge is -2.40. The van der Waals surface area contributed by atoms with Gasteiger partial charge in [0.25, 0.3) is 5.91 Å². The van der Waals surface area contributed by atoms with Crippen LogP contribution in [0.25, 0.3) is 0 Å². The number of methoxy groups -OCH3 is 1. The Morgan fingerprint density at radius 2 is 2.07 bits per heavy atom. The number of ether oxygens (including phenoxy) is 1. The molecule has 8 nitrogen and oxygen atoms in total. The van der Waals surface area contributed by atoms with E-state index in [-0.39, 0.29) is 11.8 Å². The number of furan rings is 1. The van der Waals surface area contributed by atoms with Crippen molar-refractivity contribution in [3.05, 3.63) is 41.6 Å². The summed E-state index contributed by atoms with van der Waals surface area (Å²) >= 11 is 0. The normalized spacial score (nSPS) is 16.3. The van der Waals surface area contributed by atoms with E-state index in [1.807, 2.05) is 6.92 Å². The Hall–Kier alpha value is -2.61. The second-order valence-electron chi connectivity index (χ2n) is 6.85. The number of carbonyl (C=O) groups is 2. The lowest BCUT2D eigenvalue weighted by atomic mass is 9.86. The number of nitrogens with one attached hydrogen (secondary N) is 1. The van der Waals surface area contributed by atoms with Crippen molar-refractivity contribution in [2.24, 2.45) is 0 Å². The van der Waals surface area contributed by atoms with Gasteiger partial charge in [0, 0.05) is 39.1 Å². The molecule has 1 saturated heterocycles. The van der Waals surface area contributed by atoms with Gasteiger partial charge in [-0.1, -0.05) is 0 Å². The van der Waals surface area contributed by atoms with Gasteiger partial charge in [0.15, 0.2) is 0 Å². The summed E-state index contributed by atoms with van der Waals surface area (Å²) in [6.07, 6.45) is 4.46. The molecule has 1 aliphatic heterocycles. The van der Waals surface area contributed by atoms with Crippen molar-refractivity contribution >= 4 is 11.8 Å². The molecule has 146 valence electrons. The number of amides is 2. The van der Waals surface area contributed by atoms with Crippen molar-refractivity contribution in [2.45, 2.75) is 32.2 Å². The fourth-order valence-electron chi connectivity index (χ4n) is 3.61. The lowest BCUT2D eigenvalue weighted by molar-refractivity contribution is -0.133. The van der Waals surface area contributed by atoms with E-state index in [1.165, 1.54) is 0 Å². The molecule has 1 fully saturated rings. The first kappa shape index (κ1) is 19.2. The zero-order valence-electron chi connectivity index (χ0n) is 16.0. The van der Waals surface area contributed by atoms with Gasteiger partial charge in [-0.2, -0.15) is 5.10 Å². The summed E-state index contributed by atoms with van der Waals surface area (Å²) in [4.78, 5) is 27.6. The lowest BCUT2D eigenvalue weighted by Crippen LogP contribution is -2.56. The molecule has 0 saturated carbocycles. The molecule has 3 heterocycles. The molecule has 0 radical (unpaired) electrons. The van der Waals surface area contributed by atoms with E-state index in [0.717, 1.165) is 5.76 Å². The number of hydrogen-bond acceptors (Lipinski definition) is 5. The predicted molar refractivity (Wildman–Crippen MR) is 98.4 cm³/mol. The Morgan fingerprint density at radius 3 is 2.63 bits per heavy atom. The van der Waals surface area contributed by atoms with Crippen molar-refractivity contribution in [3.63, 3.8) is 0 Å². The van der Waals surface area contributed by atoms with Crippen LogP contribution in [0.15, 0.2) is 28.9 Å². The smallest absolute Gasteiger partial charge is 0.257 e. The van der Waals surface area contributed by atoms with E-state index in [4.69, 9.17) is 9.15 Å². The highest BCUT2D eigenvalue weighted by Gasteiger charge is 2.44. The maximum atomic E-state index is 13.0. The highest BCUT2D eigenvalue weighted by molar-refractivity contribution is 5.95. The minimum absolute atomic E-state index is 0.0572. The minimum atomic E-state index is -0.796. The van der Waals surface area contributed by atoms with Crippen molar-refractivity contribution < 1.29 is 18.7 Å². The summed E-state index contributed by atoms with van der Waals surface area (Å²) in [7, 11) is 1.60. The van der Waals surface area contributed by atoms with Crippen LogP contribution in [0.3, 0.4) is 0 Å². The Morgan fingerprint density at radius 1 is 1.33 bits per heavy atom. The minimum Gasteiger partial charge on any atom is -0.466 e. The van der Waals surface area contributed by atoms with Crippen LogP contribution in [-0.4, -0.2) is 59.8 Å². The summed E-state index contributed by atoms with van der Waals surface area (Å²) in [6, 6.07) is 3.57. The van der Waals surface area contributed by atoms with Crippen LogP contribution < -0.4 is 5.32 Å². The van der Waals surface area contributed by atoms with Crippen LogP contribution in [0.2, 0.25) is 0 Å². The van der Waals surface area contributed by atoms with Crippen molar-refractivity contribution in [1.82, 2.24) is 20.0 Å². The number of nitrogens with zero attached hydrogens (tertiary/aromatic N) is 3. The summed E-state index contributed by atoms with van der Waals surface area (Å²) in [5, 5.41) is 7.24. The first-order chi connectivity index (χ1) is 13.0. The maximum Gasteiger partial charge on any atom is 0.257 e. The third-order valence-corrected chi connectivity index (χ3v) is 5.11. The summed E-state index contributed by atoms with van der Waals surface area (Å²) in [5.74, 6) is 1.19. The van der Waals surface area contributed by atoms with Gasteiger partial charge in [0.1, 0.15) is 17.1 Å². The van der Waals surface area contributed by atoms with Crippen LogP contribution >= 0.6 is 0 Å². The molecule has 0 bridgehead atoms. The molecule has 0 aromatic carbocycles. The molecule has 8 heteroatoms. The Bertz CT molecular complexity index is 789. The van der Waals surface area contributed by atoms with E-state index < -0.39 is 5.54 Å². The van der Waals surface area contributed by atoms with Gasteiger partial charge < -0.3 is 19.4 Å². The molecule has 2 amide bonds. The predicted octanol–water partition coefficient (Wildman–Crippen LogP) is 1.49. The van der Waals surface area contributed by atoms with Gasteiger partial charge in [0.2, 0.25) is 5.91 Å². The first-order valence-corrected chi connectivity index (χ1v) is 9.11. The molecule has 0 atom stereocenters. The van der Waals surface area contributed by atoms with Crippen molar-refractivity contribution in [1.29, 1.82) is 0 Å². The number of piperidine rings is 1. The monoisotopic (exact) mass is 374 g/mol. The van der Waals surface area contributed by atoms with Crippen LogP contribution in [0.5, 0.6) is 0 Å². The van der Waals surface area contributed by atoms with Gasteiger partial charge in [-0.3, -0.25) is 14.3 Å². The van der Waals surface area contributed by atoms with Crippen LogP contribution in [0.1, 0.15) is 34.7 Å². The fraction of sp³-hybridized carbons (Fsp3) is 0.526. The Balaban J connectivity index is 1.75. The van der Waals surface area contributed by atoms with Gasteiger partial charge in [-0.05, 0) is 38.8 Å². The largest absolute Gasteiger partial charge is 0.466 e. The first-order valence-electron chi connectivity index (χ1n) is 9.11. The van der Waals surface area contributed by atoms with E-state index >= 15 is 0 Å². The van der Waals surface area contributed by atoms with Crippen LogP contribution in [-0.2, 0) is 15.1 Å². The zero-order valence-corrected chi connectivity index (χ0v) is 16.0. The van der Waals surface area contributed by atoms with Crippen molar-refractivity contribution in [2.75, 3.05) is 33.4 Å². The molecule has 0 spiro atoms. The van der Waals surface area contributed by atoms with Gasteiger partial charge in [0.05, 0.1) is 12.2 Å². The molecule has 2 aromatic rings. The van der Waals surface area contributed by atoms with Crippen LogP contribution in [0.4, 0.5) is 0 Å². The number of rotatable bonds is 6. The average Bonchev–Trinajstić information content (AvgIpc) is 3.31. The maximum absolute atomic E-state index is 13.0. The third kappa shape index (κ3) is 3.75. The van der Waals surface area contributed by atoms with Crippen LogP contribution in [0, 0.1) is 13.8 Å². The van der Waals surface area contributed by atoms with Gasteiger partial charge in [-0.25, -0.2) is 0 Å². The highest BCUT2D eigenvalue weighted by atomic mass is 16.5. The SMILES string of the molecule is COCCNC(=O)C1(n2cccn2)CCN(C(=O)c2cc(C)oc2C)CC1. The average molecular weight is 374 g/mol. The number of aromatic nitrogens is 2. The molecule has 27 heavy (non-hydrogen) atoms.